The van der Waals surface area contributed by atoms with Crippen LogP contribution in [0.4, 0.5) is 5.69 Å². The van der Waals surface area contributed by atoms with Crippen molar-refractivity contribution in [3.63, 3.8) is 0 Å². The molecule has 1 aromatic carbocycles. The lowest BCUT2D eigenvalue weighted by molar-refractivity contribution is 0.0951. The molecule has 2 rings (SSSR count). The van der Waals surface area contributed by atoms with Crippen LogP contribution in [0.25, 0.3) is 0 Å². The topological polar surface area (TPSA) is 54.0 Å². The van der Waals surface area contributed by atoms with Crippen molar-refractivity contribution < 1.29 is 4.79 Å². The van der Waals surface area contributed by atoms with Gasteiger partial charge in [0.1, 0.15) is 5.01 Å². The van der Waals surface area contributed by atoms with Gasteiger partial charge in [-0.25, -0.2) is 4.98 Å². The highest BCUT2D eigenvalue weighted by molar-refractivity contribution is 7.11. The van der Waals surface area contributed by atoms with Gasteiger partial charge in [0.2, 0.25) is 0 Å². The van der Waals surface area contributed by atoms with Crippen LogP contribution in [0.3, 0.4) is 0 Å². The van der Waals surface area contributed by atoms with Gasteiger partial charge < -0.3 is 10.6 Å². The van der Waals surface area contributed by atoms with E-state index in [9.17, 15) is 4.79 Å². The summed E-state index contributed by atoms with van der Waals surface area (Å²) in [5.41, 5.74) is 2.65. The van der Waals surface area contributed by atoms with E-state index >= 15 is 0 Å². The Kier molecular flexibility index (Phi) is 5.33. The second kappa shape index (κ2) is 7.22. The van der Waals surface area contributed by atoms with Gasteiger partial charge in [-0.2, -0.15) is 0 Å². The van der Waals surface area contributed by atoms with Crippen molar-refractivity contribution in [3.8, 4) is 0 Å². The van der Waals surface area contributed by atoms with Crippen molar-refractivity contribution in [2.75, 3.05) is 11.9 Å². The fourth-order valence-electron chi connectivity index (χ4n) is 1.99. The Hall–Kier alpha value is -1.88. The molecule has 1 aromatic heterocycles. The second-order valence-corrected chi connectivity index (χ2v) is 6.34. The van der Waals surface area contributed by atoms with Gasteiger partial charge in [-0.15, -0.1) is 11.3 Å². The Morgan fingerprint density at radius 3 is 2.81 bits per heavy atom. The number of aryl methyl sites for hydroxylation is 2. The number of amides is 1. The average molecular weight is 303 g/mol. The summed E-state index contributed by atoms with van der Waals surface area (Å²) in [6, 6.07) is 5.90. The number of carbonyl (C=O) groups excluding carboxylic acids is 1. The normalized spacial score (nSPS) is 10.4. The van der Waals surface area contributed by atoms with E-state index < -0.39 is 0 Å². The molecule has 0 atom stereocenters. The lowest BCUT2D eigenvalue weighted by atomic mass is 10.1. The molecule has 0 aliphatic heterocycles. The van der Waals surface area contributed by atoms with E-state index in [1.54, 1.807) is 11.3 Å². The molecular weight excluding hydrogens is 282 g/mol. The molecule has 2 aromatic rings. The number of nitrogens with one attached hydrogen (secondary N) is 2. The fraction of sp³-hybridized carbons (Fsp3) is 0.375. The molecule has 0 aliphatic carbocycles. The van der Waals surface area contributed by atoms with E-state index in [4.69, 9.17) is 0 Å². The molecule has 0 fully saturated rings. The maximum atomic E-state index is 12.4. The minimum Gasteiger partial charge on any atom is -0.384 e. The van der Waals surface area contributed by atoms with Gasteiger partial charge in [-0.1, -0.05) is 18.6 Å². The molecule has 21 heavy (non-hydrogen) atoms. The molecule has 0 unspecified atom stereocenters. The Balaban J connectivity index is 2.08. The minimum absolute atomic E-state index is 0.0647. The number of thiazole rings is 1. The number of hydrogen-bond acceptors (Lipinski definition) is 4. The number of carbonyl (C=O) groups is 1. The lowest BCUT2D eigenvalue weighted by Crippen LogP contribution is -2.24. The maximum absolute atomic E-state index is 12.4. The first-order valence-corrected chi connectivity index (χ1v) is 7.96. The van der Waals surface area contributed by atoms with Crippen molar-refractivity contribution >= 4 is 22.9 Å². The van der Waals surface area contributed by atoms with Crippen LogP contribution in [-0.4, -0.2) is 17.4 Å². The van der Waals surface area contributed by atoms with E-state index in [2.05, 4.69) is 22.5 Å². The van der Waals surface area contributed by atoms with Crippen LogP contribution in [-0.2, 0) is 6.54 Å². The minimum atomic E-state index is -0.0647. The van der Waals surface area contributed by atoms with Gasteiger partial charge in [-0.05, 0) is 32.4 Å². The predicted molar refractivity (Wildman–Crippen MR) is 88.0 cm³/mol. The molecule has 1 amide bonds. The number of aromatic nitrogens is 1. The molecular formula is C16H21N3OS. The first-order valence-electron chi connectivity index (χ1n) is 7.14. The standard InChI is InChI=1S/C16H21N3OS/c1-4-7-17-14-6-5-11(2)8-13(14)16(20)19-10-15-18-9-12(3)21-15/h5-6,8-9,17H,4,7,10H2,1-3H3,(H,19,20). The van der Waals surface area contributed by atoms with Crippen LogP contribution in [0.2, 0.25) is 0 Å². The Morgan fingerprint density at radius 2 is 2.14 bits per heavy atom. The molecule has 2 N–H and O–H groups in total. The highest BCUT2D eigenvalue weighted by Gasteiger charge is 2.12. The predicted octanol–water partition coefficient (Wildman–Crippen LogP) is 3.51. The van der Waals surface area contributed by atoms with Gasteiger partial charge in [0.25, 0.3) is 5.91 Å². The molecule has 112 valence electrons. The van der Waals surface area contributed by atoms with Crippen LogP contribution in [0.15, 0.2) is 24.4 Å². The molecule has 0 bridgehead atoms. The first-order chi connectivity index (χ1) is 10.1. The molecule has 5 heteroatoms. The van der Waals surface area contributed by atoms with Gasteiger partial charge in [0.15, 0.2) is 0 Å². The maximum Gasteiger partial charge on any atom is 0.253 e. The zero-order chi connectivity index (χ0) is 15.2. The summed E-state index contributed by atoms with van der Waals surface area (Å²) in [4.78, 5) is 17.8. The zero-order valence-corrected chi connectivity index (χ0v) is 13.5. The van der Waals surface area contributed by atoms with Gasteiger partial charge in [0.05, 0.1) is 12.1 Å². The second-order valence-electron chi connectivity index (χ2n) is 5.02. The van der Waals surface area contributed by atoms with E-state index in [0.29, 0.717) is 12.1 Å². The summed E-state index contributed by atoms with van der Waals surface area (Å²) in [6.45, 7) is 7.43. The molecule has 0 saturated carbocycles. The third-order valence-electron chi connectivity index (χ3n) is 3.05. The highest BCUT2D eigenvalue weighted by atomic mass is 32.1. The molecule has 1 heterocycles. The van der Waals surface area contributed by atoms with Crippen LogP contribution >= 0.6 is 11.3 Å². The van der Waals surface area contributed by atoms with Crippen molar-refractivity contribution in [3.05, 3.63) is 45.4 Å². The molecule has 0 saturated heterocycles. The third kappa shape index (κ3) is 4.29. The van der Waals surface area contributed by atoms with Gasteiger partial charge >= 0.3 is 0 Å². The molecule has 4 nitrogen and oxygen atoms in total. The summed E-state index contributed by atoms with van der Waals surface area (Å²) in [5, 5.41) is 7.17. The van der Waals surface area contributed by atoms with Crippen molar-refractivity contribution in [1.82, 2.24) is 10.3 Å². The SMILES string of the molecule is CCCNc1ccc(C)cc1C(=O)NCc1ncc(C)s1. The molecule has 0 spiro atoms. The third-order valence-corrected chi connectivity index (χ3v) is 3.97. The molecule has 0 radical (unpaired) electrons. The lowest BCUT2D eigenvalue weighted by Gasteiger charge is -2.12. The number of nitrogens with zero attached hydrogens (tertiary/aromatic N) is 1. The van der Waals surface area contributed by atoms with Crippen molar-refractivity contribution in [1.29, 1.82) is 0 Å². The number of rotatable bonds is 6. The van der Waals surface area contributed by atoms with Crippen LogP contribution in [0.5, 0.6) is 0 Å². The quantitative estimate of drug-likeness (QED) is 0.858. The Labute approximate surface area is 129 Å². The average Bonchev–Trinajstić information content (AvgIpc) is 2.89. The highest BCUT2D eigenvalue weighted by Crippen LogP contribution is 2.18. The van der Waals surface area contributed by atoms with E-state index in [-0.39, 0.29) is 5.91 Å². The van der Waals surface area contributed by atoms with Crippen molar-refractivity contribution in [2.45, 2.75) is 33.7 Å². The fourth-order valence-corrected chi connectivity index (χ4v) is 2.72. The first kappa shape index (κ1) is 15.5. The van der Waals surface area contributed by atoms with E-state index in [1.807, 2.05) is 38.2 Å². The number of anilines is 1. The van der Waals surface area contributed by atoms with Gasteiger partial charge in [0, 0.05) is 23.3 Å². The Morgan fingerprint density at radius 1 is 1.33 bits per heavy atom. The largest absolute Gasteiger partial charge is 0.384 e. The Bertz CT molecular complexity index is 622. The van der Waals surface area contributed by atoms with Crippen LogP contribution in [0, 0.1) is 13.8 Å². The van der Waals surface area contributed by atoms with Crippen molar-refractivity contribution in [2.24, 2.45) is 0 Å². The zero-order valence-electron chi connectivity index (χ0n) is 12.7. The summed E-state index contributed by atoms with van der Waals surface area (Å²) in [5.74, 6) is -0.0647. The van der Waals surface area contributed by atoms with Crippen LogP contribution < -0.4 is 10.6 Å². The smallest absolute Gasteiger partial charge is 0.253 e. The summed E-state index contributed by atoms with van der Waals surface area (Å²) < 4.78 is 0. The summed E-state index contributed by atoms with van der Waals surface area (Å²) in [6.07, 6.45) is 2.85. The van der Waals surface area contributed by atoms with Crippen LogP contribution in [0.1, 0.15) is 39.2 Å². The van der Waals surface area contributed by atoms with Gasteiger partial charge in [-0.3, -0.25) is 4.79 Å². The number of hydrogen-bond donors (Lipinski definition) is 2. The van der Waals surface area contributed by atoms with E-state index in [1.165, 1.54) is 0 Å². The number of benzene rings is 1. The summed E-state index contributed by atoms with van der Waals surface area (Å²) >= 11 is 1.60. The molecule has 0 aliphatic rings. The van der Waals surface area contributed by atoms with E-state index in [0.717, 1.165) is 34.1 Å². The monoisotopic (exact) mass is 303 g/mol. The summed E-state index contributed by atoms with van der Waals surface area (Å²) in [7, 11) is 0.